The normalized spacial score (nSPS) is 17.0. The fourth-order valence-electron chi connectivity index (χ4n) is 3.27. The van der Waals surface area contributed by atoms with Crippen LogP contribution in [0.1, 0.15) is 21.5 Å². The molecule has 1 saturated heterocycles. The molecule has 2 aromatic rings. The molecule has 5 nitrogen and oxygen atoms in total. The summed E-state index contributed by atoms with van der Waals surface area (Å²) in [6, 6.07) is 10.6. The van der Waals surface area contributed by atoms with Gasteiger partial charge in [-0.15, -0.1) is 0 Å². The molecule has 0 radical (unpaired) electrons. The van der Waals surface area contributed by atoms with E-state index < -0.39 is 0 Å². The van der Waals surface area contributed by atoms with Crippen molar-refractivity contribution in [1.82, 2.24) is 4.90 Å². The molecule has 0 saturated carbocycles. The van der Waals surface area contributed by atoms with Gasteiger partial charge in [0, 0.05) is 35.8 Å². The molecule has 6 heteroatoms. The zero-order chi connectivity index (χ0) is 17.9. The number of halogens is 1. The van der Waals surface area contributed by atoms with Crippen molar-refractivity contribution in [3.8, 4) is 11.5 Å². The van der Waals surface area contributed by atoms with E-state index in [1.165, 1.54) is 0 Å². The van der Waals surface area contributed by atoms with Crippen LogP contribution in [0, 0.1) is 0 Å². The Hall–Kier alpha value is -2.08. The van der Waals surface area contributed by atoms with Gasteiger partial charge in [-0.2, -0.15) is 0 Å². The molecule has 0 spiro atoms. The first-order valence-corrected chi connectivity index (χ1v) is 9.12. The average Bonchev–Trinajstić information content (AvgIpc) is 2.80. The molecule has 0 atom stereocenters. The lowest BCUT2D eigenvalue weighted by Gasteiger charge is -2.26. The van der Waals surface area contributed by atoms with Crippen molar-refractivity contribution in [3.05, 3.63) is 58.1 Å². The lowest BCUT2D eigenvalue weighted by Crippen LogP contribution is -2.38. The highest BCUT2D eigenvalue weighted by atomic mass is 35.5. The maximum atomic E-state index is 12.9. The summed E-state index contributed by atoms with van der Waals surface area (Å²) in [5.74, 6) is 1.14. The Morgan fingerprint density at radius 1 is 1.12 bits per heavy atom. The summed E-state index contributed by atoms with van der Waals surface area (Å²) < 4.78 is 17.2. The van der Waals surface area contributed by atoms with E-state index in [0.717, 1.165) is 38.4 Å². The number of rotatable bonds is 4. The summed E-state index contributed by atoms with van der Waals surface area (Å²) in [6.45, 7) is 5.05. The van der Waals surface area contributed by atoms with Gasteiger partial charge in [0.1, 0.15) is 24.7 Å². The summed E-state index contributed by atoms with van der Waals surface area (Å²) in [7, 11) is 0. The molecule has 0 N–H and O–H groups in total. The van der Waals surface area contributed by atoms with Crippen LogP contribution in [-0.4, -0.2) is 50.1 Å². The van der Waals surface area contributed by atoms with Gasteiger partial charge in [-0.05, 0) is 24.3 Å². The summed E-state index contributed by atoms with van der Waals surface area (Å²) in [4.78, 5) is 15.2. The Kier molecular flexibility index (Phi) is 5.11. The number of hydrogen-bond acceptors (Lipinski definition) is 5. The van der Waals surface area contributed by atoms with E-state index in [1.54, 1.807) is 18.2 Å². The predicted octanol–water partition coefficient (Wildman–Crippen LogP) is 3.17. The number of carbonyl (C=O) groups excluding carboxylic acids is 1. The summed E-state index contributed by atoms with van der Waals surface area (Å²) in [6.07, 6.45) is 0. The van der Waals surface area contributed by atoms with Gasteiger partial charge in [0.05, 0.1) is 18.8 Å². The minimum absolute atomic E-state index is 0.0669. The second-order valence-corrected chi connectivity index (χ2v) is 6.78. The predicted molar refractivity (Wildman–Crippen MR) is 98.4 cm³/mol. The second kappa shape index (κ2) is 7.66. The highest BCUT2D eigenvalue weighted by Crippen LogP contribution is 2.34. The van der Waals surface area contributed by atoms with Crippen LogP contribution in [0.2, 0.25) is 5.02 Å². The molecule has 0 aromatic heterocycles. The van der Waals surface area contributed by atoms with Crippen LogP contribution in [0.4, 0.5) is 0 Å². The van der Waals surface area contributed by atoms with Crippen molar-refractivity contribution >= 4 is 17.4 Å². The molecule has 26 heavy (non-hydrogen) atoms. The fraction of sp³-hybridized carbons (Fsp3) is 0.350. The Morgan fingerprint density at radius 2 is 1.96 bits per heavy atom. The molecular weight excluding hydrogens is 354 g/mol. The maximum Gasteiger partial charge on any atom is 0.197 e. The second-order valence-electron chi connectivity index (χ2n) is 6.34. The fourth-order valence-corrected chi connectivity index (χ4v) is 3.43. The first-order valence-electron chi connectivity index (χ1n) is 8.74. The van der Waals surface area contributed by atoms with Crippen molar-refractivity contribution < 1.29 is 19.0 Å². The number of fused-ring (bicyclic) bond motifs is 2. The van der Waals surface area contributed by atoms with Gasteiger partial charge < -0.3 is 14.2 Å². The molecule has 2 aliphatic rings. The van der Waals surface area contributed by atoms with Crippen LogP contribution in [0.15, 0.2) is 36.4 Å². The van der Waals surface area contributed by atoms with Crippen molar-refractivity contribution in [1.29, 1.82) is 0 Å². The number of carbonyl (C=O) groups is 1. The Bertz CT molecular complexity index is 817. The van der Waals surface area contributed by atoms with E-state index in [-0.39, 0.29) is 12.4 Å². The van der Waals surface area contributed by atoms with Gasteiger partial charge in [-0.25, -0.2) is 0 Å². The molecule has 4 rings (SSSR count). The average molecular weight is 374 g/mol. The van der Waals surface area contributed by atoms with Crippen LogP contribution < -0.4 is 9.47 Å². The smallest absolute Gasteiger partial charge is 0.197 e. The van der Waals surface area contributed by atoms with Gasteiger partial charge in [0.25, 0.3) is 0 Å². The van der Waals surface area contributed by atoms with Crippen LogP contribution >= 0.6 is 11.6 Å². The highest BCUT2D eigenvalue weighted by Gasteiger charge is 2.25. The highest BCUT2D eigenvalue weighted by molar-refractivity contribution is 6.31. The first-order chi connectivity index (χ1) is 12.7. The van der Waals surface area contributed by atoms with Crippen molar-refractivity contribution in [2.24, 2.45) is 0 Å². The van der Waals surface area contributed by atoms with Crippen molar-refractivity contribution in [2.45, 2.75) is 6.61 Å². The molecule has 0 unspecified atom stereocenters. The maximum absolute atomic E-state index is 12.9. The zero-order valence-corrected chi connectivity index (χ0v) is 15.1. The van der Waals surface area contributed by atoms with E-state index in [4.69, 9.17) is 25.8 Å². The number of hydrogen-bond donors (Lipinski definition) is 0. The summed E-state index contributed by atoms with van der Waals surface area (Å²) in [5.41, 5.74) is 1.93. The van der Waals surface area contributed by atoms with Gasteiger partial charge in [0.15, 0.2) is 5.78 Å². The topological polar surface area (TPSA) is 48.0 Å². The van der Waals surface area contributed by atoms with E-state index in [2.05, 4.69) is 4.90 Å². The molecule has 0 aliphatic carbocycles. The number of benzene rings is 2. The van der Waals surface area contributed by atoms with Crippen molar-refractivity contribution in [3.63, 3.8) is 0 Å². The number of ketones is 1. The van der Waals surface area contributed by atoms with Gasteiger partial charge in [0.2, 0.25) is 0 Å². The molecule has 2 aromatic carbocycles. The summed E-state index contributed by atoms with van der Waals surface area (Å²) in [5, 5.41) is 0.546. The molecule has 2 heterocycles. The van der Waals surface area contributed by atoms with E-state index in [1.807, 2.05) is 18.2 Å². The third-order valence-corrected chi connectivity index (χ3v) is 4.94. The standard InChI is InChI=1S/C20H20ClNO4/c21-14-4-5-16-19(12-14)26-13-17-15(20(16)23)2-1-3-18(17)25-11-8-22-6-9-24-10-7-22/h1-5,12H,6-11,13H2. The van der Waals surface area contributed by atoms with Gasteiger partial charge >= 0.3 is 0 Å². The van der Waals surface area contributed by atoms with Crippen LogP contribution in [0.25, 0.3) is 0 Å². The molecule has 0 amide bonds. The van der Waals surface area contributed by atoms with E-state index in [0.29, 0.717) is 34.3 Å². The van der Waals surface area contributed by atoms with Crippen LogP contribution in [0.5, 0.6) is 11.5 Å². The first kappa shape index (κ1) is 17.3. The van der Waals surface area contributed by atoms with Crippen molar-refractivity contribution in [2.75, 3.05) is 39.5 Å². The Balaban J connectivity index is 1.52. The lowest BCUT2D eigenvalue weighted by atomic mass is 9.98. The minimum Gasteiger partial charge on any atom is -0.492 e. The lowest BCUT2D eigenvalue weighted by molar-refractivity contribution is 0.0321. The van der Waals surface area contributed by atoms with E-state index >= 15 is 0 Å². The summed E-state index contributed by atoms with van der Waals surface area (Å²) >= 11 is 6.03. The molecular formula is C20H20ClNO4. The largest absolute Gasteiger partial charge is 0.492 e. The van der Waals surface area contributed by atoms with E-state index in [9.17, 15) is 4.79 Å². The molecule has 2 aliphatic heterocycles. The molecule has 136 valence electrons. The quantitative estimate of drug-likeness (QED) is 0.823. The SMILES string of the molecule is O=C1c2ccc(Cl)cc2OCc2c(OCCN3CCOCC3)cccc21. The Labute approximate surface area is 157 Å². The Morgan fingerprint density at radius 3 is 2.81 bits per heavy atom. The van der Waals surface area contributed by atoms with Gasteiger partial charge in [-0.3, -0.25) is 9.69 Å². The third-order valence-electron chi connectivity index (χ3n) is 4.71. The van der Waals surface area contributed by atoms with Crippen LogP contribution in [0.3, 0.4) is 0 Å². The third kappa shape index (κ3) is 3.56. The zero-order valence-electron chi connectivity index (χ0n) is 14.4. The number of nitrogens with zero attached hydrogens (tertiary/aromatic N) is 1. The monoisotopic (exact) mass is 373 g/mol. The number of ether oxygens (including phenoxy) is 3. The van der Waals surface area contributed by atoms with Gasteiger partial charge in [-0.1, -0.05) is 23.7 Å². The minimum atomic E-state index is -0.0669. The molecule has 0 bridgehead atoms. The molecule has 1 fully saturated rings. The van der Waals surface area contributed by atoms with Crippen LogP contribution in [-0.2, 0) is 11.3 Å². The number of morpholine rings is 1.